The Bertz CT molecular complexity index is 1410. The molecule has 12 nitrogen and oxygen atoms in total. The number of ether oxygens (including phenoxy) is 2. The van der Waals surface area contributed by atoms with Crippen molar-refractivity contribution >= 4 is 41.9 Å². The Morgan fingerprint density at radius 2 is 2.05 bits per heavy atom. The minimum atomic E-state index is -4.16. The van der Waals surface area contributed by atoms with Crippen LogP contribution in [-0.4, -0.2) is 52.1 Å². The summed E-state index contributed by atoms with van der Waals surface area (Å²) in [4.78, 5) is 28.0. The first-order chi connectivity index (χ1) is 18.0. The van der Waals surface area contributed by atoms with E-state index < -0.39 is 44.4 Å². The second-order valence-corrected chi connectivity index (χ2v) is 11.0. The fourth-order valence-electron chi connectivity index (χ4n) is 3.88. The lowest BCUT2D eigenvalue weighted by Crippen LogP contribution is -2.32. The molecule has 1 fully saturated rings. The summed E-state index contributed by atoms with van der Waals surface area (Å²) < 4.78 is 37.1. The molecule has 4 unspecified atom stereocenters. The number of hydrogen-bond donors (Lipinski definition) is 3. The van der Waals surface area contributed by atoms with Gasteiger partial charge in [0, 0.05) is 18.0 Å². The monoisotopic (exact) mass is 566 g/mol. The SMILES string of the molecule is CC(C)OC(=O)CNP(=O)(OCC1CC(O)C(n2cc(Cl)c(N)nc2=O)O1)Oc1cccc2ccccc12. The number of rotatable bonds is 10. The van der Waals surface area contributed by atoms with Crippen molar-refractivity contribution in [3.05, 3.63) is 64.2 Å². The number of aliphatic hydroxyl groups is 1. The molecule has 38 heavy (non-hydrogen) atoms. The number of aliphatic hydroxyl groups excluding tert-OH is 1. The van der Waals surface area contributed by atoms with E-state index in [1.165, 1.54) is 6.20 Å². The van der Waals surface area contributed by atoms with E-state index >= 15 is 0 Å². The van der Waals surface area contributed by atoms with Crippen LogP contribution in [0.15, 0.2) is 53.5 Å². The zero-order chi connectivity index (χ0) is 27.4. The van der Waals surface area contributed by atoms with Gasteiger partial charge in [0.15, 0.2) is 6.23 Å². The van der Waals surface area contributed by atoms with Gasteiger partial charge in [0.1, 0.15) is 24.2 Å². The van der Waals surface area contributed by atoms with Crippen LogP contribution in [0.4, 0.5) is 5.82 Å². The predicted molar refractivity (Wildman–Crippen MR) is 140 cm³/mol. The topological polar surface area (TPSA) is 164 Å². The fraction of sp³-hybridized carbons (Fsp3) is 0.375. The van der Waals surface area contributed by atoms with Gasteiger partial charge in [-0.2, -0.15) is 4.98 Å². The molecule has 2 aromatic carbocycles. The van der Waals surface area contributed by atoms with Gasteiger partial charge in [-0.25, -0.2) is 14.4 Å². The number of esters is 1. The van der Waals surface area contributed by atoms with Gasteiger partial charge >= 0.3 is 19.4 Å². The second kappa shape index (κ2) is 11.8. The molecule has 4 rings (SSSR count). The summed E-state index contributed by atoms with van der Waals surface area (Å²) in [6, 6.07) is 12.6. The van der Waals surface area contributed by atoms with Gasteiger partial charge in [-0.15, -0.1) is 0 Å². The molecule has 2 heterocycles. The molecule has 14 heteroatoms. The quantitative estimate of drug-likeness (QED) is 0.244. The number of nitrogens with zero attached hydrogens (tertiary/aromatic N) is 2. The number of anilines is 1. The van der Waals surface area contributed by atoms with Crippen molar-refractivity contribution in [2.24, 2.45) is 0 Å². The van der Waals surface area contributed by atoms with Gasteiger partial charge in [-0.3, -0.25) is 13.9 Å². The van der Waals surface area contributed by atoms with Gasteiger partial charge < -0.3 is 24.8 Å². The van der Waals surface area contributed by atoms with E-state index in [0.29, 0.717) is 5.39 Å². The van der Waals surface area contributed by atoms with Crippen molar-refractivity contribution < 1.29 is 33.0 Å². The highest BCUT2D eigenvalue weighted by Gasteiger charge is 2.38. The number of nitrogens with two attached hydrogens (primary N) is 1. The van der Waals surface area contributed by atoms with Crippen LogP contribution >= 0.6 is 19.3 Å². The second-order valence-electron chi connectivity index (χ2n) is 8.85. The highest BCUT2D eigenvalue weighted by molar-refractivity contribution is 7.52. The first-order valence-corrected chi connectivity index (χ1v) is 13.7. The molecule has 0 radical (unpaired) electrons. The lowest BCUT2D eigenvalue weighted by atomic mass is 10.1. The van der Waals surface area contributed by atoms with Crippen LogP contribution in [0.3, 0.4) is 0 Å². The summed E-state index contributed by atoms with van der Waals surface area (Å²) in [6.07, 6.45) is -2.12. The smallest absolute Gasteiger partial charge is 0.459 e. The fourth-order valence-corrected chi connectivity index (χ4v) is 5.34. The molecule has 1 aliphatic heterocycles. The molecule has 0 amide bonds. The maximum atomic E-state index is 13.8. The summed E-state index contributed by atoms with van der Waals surface area (Å²) in [7, 11) is -4.16. The summed E-state index contributed by atoms with van der Waals surface area (Å²) in [5.41, 5.74) is 4.80. The maximum Gasteiger partial charge on any atom is 0.459 e. The first kappa shape index (κ1) is 28.0. The number of fused-ring (bicyclic) bond motifs is 1. The standard InChI is InChI=1S/C24H28ClN4O8P/c1-14(2)35-21(31)11-27-38(33,37-20-9-5-7-15-6-3-4-8-17(15)20)34-13-16-10-19(30)23(36-16)29-12-18(25)22(26)28-24(29)32/h3-9,12,14,16,19,23,30H,10-11,13H2,1-2H3,(H,27,33)(H2,26,28,32). The molecule has 0 bridgehead atoms. The minimum Gasteiger partial charge on any atom is -0.462 e. The van der Waals surface area contributed by atoms with Crippen LogP contribution in [0.5, 0.6) is 5.75 Å². The number of benzene rings is 2. The number of nitrogen functional groups attached to an aromatic ring is 1. The average Bonchev–Trinajstić information content (AvgIpc) is 3.24. The minimum absolute atomic E-state index is 0.0190. The first-order valence-electron chi connectivity index (χ1n) is 11.8. The summed E-state index contributed by atoms with van der Waals surface area (Å²) in [5.74, 6) is -0.519. The molecule has 1 aliphatic rings. The molecular weight excluding hydrogens is 539 g/mol. The van der Waals surface area contributed by atoms with Crippen LogP contribution < -0.4 is 21.0 Å². The third-order valence-electron chi connectivity index (χ3n) is 5.56. The van der Waals surface area contributed by atoms with Crippen LogP contribution in [-0.2, 0) is 23.4 Å². The Kier molecular flexibility index (Phi) is 8.71. The third kappa shape index (κ3) is 6.71. The van der Waals surface area contributed by atoms with E-state index in [-0.39, 0.29) is 35.7 Å². The van der Waals surface area contributed by atoms with E-state index in [1.54, 1.807) is 32.0 Å². The third-order valence-corrected chi connectivity index (χ3v) is 7.32. The van der Waals surface area contributed by atoms with Gasteiger partial charge in [0.25, 0.3) is 0 Å². The van der Waals surface area contributed by atoms with Crippen molar-refractivity contribution in [2.45, 2.75) is 44.8 Å². The molecule has 0 saturated carbocycles. The van der Waals surface area contributed by atoms with E-state index in [1.807, 2.05) is 24.3 Å². The molecule has 0 aliphatic carbocycles. The van der Waals surface area contributed by atoms with Crippen molar-refractivity contribution in [1.29, 1.82) is 0 Å². The zero-order valence-electron chi connectivity index (χ0n) is 20.7. The Hall–Kier alpha value is -2.99. The predicted octanol–water partition coefficient (Wildman–Crippen LogP) is 3.03. The highest BCUT2D eigenvalue weighted by atomic mass is 35.5. The van der Waals surface area contributed by atoms with Crippen molar-refractivity contribution in [1.82, 2.24) is 14.6 Å². The molecule has 3 aromatic rings. The normalized spacial score (nSPS) is 20.9. The van der Waals surface area contributed by atoms with Crippen LogP contribution in [0, 0.1) is 0 Å². The molecule has 4 N–H and O–H groups in total. The van der Waals surface area contributed by atoms with E-state index in [9.17, 15) is 19.3 Å². The highest BCUT2D eigenvalue weighted by Crippen LogP contribution is 2.47. The van der Waals surface area contributed by atoms with E-state index in [0.717, 1.165) is 9.95 Å². The maximum absolute atomic E-state index is 13.8. The Labute approximate surface area is 223 Å². The molecule has 1 saturated heterocycles. The Morgan fingerprint density at radius 1 is 1.32 bits per heavy atom. The summed E-state index contributed by atoms with van der Waals surface area (Å²) in [5, 5.41) is 14.6. The molecule has 1 aromatic heterocycles. The number of carbonyl (C=O) groups is 1. The number of hydrogen-bond acceptors (Lipinski definition) is 10. The zero-order valence-corrected chi connectivity index (χ0v) is 22.3. The number of carbonyl (C=O) groups excluding carboxylic acids is 1. The van der Waals surface area contributed by atoms with Gasteiger partial charge in [0.05, 0.1) is 23.8 Å². The number of halogens is 1. The summed E-state index contributed by atoms with van der Waals surface area (Å²) >= 11 is 5.97. The average molecular weight is 567 g/mol. The molecule has 204 valence electrons. The lowest BCUT2D eigenvalue weighted by Gasteiger charge is -2.22. The van der Waals surface area contributed by atoms with Crippen molar-refractivity contribution in [3.8, 4) is 5.75 Å². The Morgan fingerprint density at radius 3 is 2.82 bits per heavy atom. The van der Waals surface area contributed by atoms with Crippen LogP contribution in [0.1, 0.15) is 26.5 Å². The molecule has 4 atom stereocenters. The summed E-state index contributed by atoms with van der Waals surface area (Å²) in [6.45, 7) is 2.64. The van der Waals surface area contributed by atoms with Crippen molar-refractivity contribution in [2.75, 3.05) is 18.9 Å². The van der Waals surface area contributed by atoms with E-state index in [4.69, 9.17) is 35.9 Å². The Balaban J connectivity index is 1.51. The number of nitrogens with one attached hydrogen (secondary N) is 1. The van der Waals surface area contributed by atoms with E-state index in [2.05, 4.69) is 10.1 Å². The van der Waals surface area contributed by atoms with Crippen LogP contribution in [0.2, 0.25) is 5.02 Å². The van der Waals surface area contributed by atoms with Gasteiger partial charge in [0.2, 0.25) is 0 Å². The van der Waals surface area contributed by atoms with Crippen LogP contribution in [0.25, 0.3) is 10.8 Å². The van der Waals surface area contributed by atoms with Gasteiger partial charge in [-0.1, -0.05) is 48.0 Å². The van der Waals surface area contributed by atoms with Crippen molar-refractivity contribution in [3.63, 3.8) is 0 Å². The lowest BCUT2D eigenvalue weighted by molar-refractivity contribution is -0.145. The van der Waals surface area contributed by atoms with Gasteiger partial charge in [-0.05, 0) is 25.3 Å². The molecular formula is C24H28ClN4O8P. The number of aromatic nitrogens is 2. The largest absolute Gasteiger partial charge is 0.462 e. The molecule has 0 spiro atoms.